The van der Waals surface area contributed by atoms with Crippen molar-refractivity contribution in [1.29, 1.82) is 0 Å². The van der Waals surface area contributed by atoms with E-state index in [-0.39, 0.29) is 24.1 Å². The average molecular weight is 331 g/mol. The lowest BCUT2D eigenvalue weighted by molar-refractivity contribution is -0.136. The summed E-state index contributed by atoms with van der Waals surface area (Å²) in [6.07, 6.45) is 0.178. The number of carboxylic acids is 1. The minimum absolute atomic E-state index is 0.0634. The van der Waals surface area contributed by atoms with E-state index in [1.807, 2.05) is 0 Å². The number of hydrogen-bond donors (Lipinski definition) is 2. The van der Waals surface area contributed by atoms with Crippen LogP contribution in [0.4, 0.5) is 8.78 Å². The van der Waals surface area contributed by atoms with Gasteiger partial charge in [-0.15, -0.1) is 0 Å². The lowest BCUT2D eigenvalue weighted by Crippen LogP contribution is -1.98. The van der Waals surface area contributed by atoms with Crippen molar-refractivity contribution >= 4 is 21.9 Å². The number of aryl methyl sites for hydroxylation is 1. The van der Waals surface area contributed by atoms with E-state index in [1.54, 1.807) is 0 Å². The molecule has 0 amide bonds. The van der Waals surface area contributed by atoms with E-state index >= 15 is 0 Å². The van der Waals surface area contributed by atoms with E-state index in [4.69, 9.17) is 5.11 Å². The quantitative estimate of drug-likeness (QED) is 0.905. The van der Waals surface area contributed by atoms with Gasteiger partial charge in [0.25, 0.3) is 0 Å². The maximum absolute atomic E-state index is 13.6. The zero-order valence-electron chi connectivity index (χ0n) is 9.58. The molecule has 0 spiro atoms. The molecular formula is C12H9BrF2N2O2. The Hall–Kier alpha value is -1.76. The van der Waals surface area contributed by atoms with E-state index in [2.05, 4.69) is 26.1 Å². The van der Waals surface area contributed by atoms with Crippen LogP contribution in [-0.4, -0.2) is 21.3 Å². The molecule has 2 rings (SSSR count). The molecule has 19 heavy (non-hydrogen) atoms. The number of H-pyrrole nitrogens is 1. The van der Waals surface area contributed by atoms with Crippen LogP contribution in [0.3, 0.4) is 0 Å². The number of benzene rings is 1. The van der Waals surface area contributed by atoms with Gasteiger partial charge >= 0.3 is 5.97 Å². The molecule has 0 fully saturated rings. The largest absolute Gasteiger partial charge is 0.481 e. The Balaban J connectivity index is 2.33. The topological polar surface area (TPSA) is 66.0 Å². The monoisotopic (exact) mass is 330 g/mol. The lowest BCUT2D eigenvalue weighted by Gasteiger charge is -2.01. The van der Waals surface area contributed by atoms with Gasteiger partial charge in [-0.3, -0.25) is 9.89 Å². The van der Waals surface area contributed by atoms with Crippen LogP contribution in [0, 0.1) is 11.6 Å². The highest BCUT2D eigenvalue weighted by Crippen LogP contribution is 2.31. The fourth-order valence-corrected chi connectivity index (χ4v) is 2.21. The first kappa shape index (κ1) is 13.7. The van der Waals surface area contributed by atoms with Crippen molar-refractivity contribution in [3.8, 4) is 11.3 Å². The second-order valence-electron chi connectivity index (χ2n) is 3.88. The molecule has 0 radical (unpaired) electrons. The Morgan fingerprint density at radius 2 is 2.16 bits per heavy atom. The van der Waals surface area contributed by atoms with Crippen LogP contribution in [0.5, 0.6) is 0 Å². The summed E-state index contributed by atoms with van der Waals surface area (Å²) in [6, 6.07) is 3.19. The zero-order valence-corrected chi connectivity index (χ0v) is 11.2. The Kier molecular flexibility index (Phi) is 3.94. The maximum atomic E-state index is 13.6. The molecule has 0 unspecified atom stereocenters. The summed E-state index contributed by atoms with van der Waals surface area (Å²) in [5, 5.41) is 15.2. The molecule has 0 aliphatic heterocycles. The number of nitrogens with one attached hydrogen (secondary N) is 1. The molecule has 0 saturated heterocycles. The molecule has 7 heteroatoms. The van der Waals surface area contributed by atoms with Crippen molar-refractivity contribution in [2.45, 2.75) is 12.8 Å². The smallest absolute Gasteiger partial charge is 0.303 e. The Labute approximate surface area is 115 Å². The van der Waals surface area contributed by atoms with Crippen LogP contribution in [-0.2, 0) is 11.2 Å². The lowest BCUT2D eigenvalue weighted by atomic mass is 10.1. The third-order valence-electron chi connectivity index (χ3n) is 2.55. The number of nitrogens with zero attached hydrogens (tertiary/aromatic N) is 1. The Morgan fingerprint density at radius 3 is 2.79 bits per heavy atom. The summed E-state index contributed by atoms with van der Waals surface area (Å²) in [6.45, 7) is 0. The van der Waals surface area contributed by atoms with Crippen LogP contribution >= 0.6 is 15.9 Å². The molecule has 100 valence electrons. The molecule has 4 nitrogen and oxygen atoms in total. The summed E-state index contributed by atoms with van der Waals surface area (Å²) in [4.78, 5) is 10.5. The first-order valence-electron chi connectivity index (χ1n) is 5.39. The molecule has 1 aromatic heterocycles. The van der Waals surface area contributed by atoms with Gasteiger partial charge < -0.3 is 5.11 Å². The highest BCUT2D eigenvalue weighted by molar-refractivity contribution is 9.10. The van der Waals surface area contributed by atoms with E-state index in [0.29, 0.717) is 10.2 Å². The van der Waals surface area contributed by atoms with Gasteiger partial charge in [-0.25, -0.2) is 8.78 Å². The van der Waals surface area contributed by atoms with Crippen molar-refractivity contribution in [1.82, 2.24) is 10.2 Å². The van der Waals surface area contributed by atoms with Crippen LogP contribution in [0.25, 0.3) is 11.3 Å². The van der Waals surface area contributed by atoms with Gasteiger partial charge in [0.1, 0.15) is 17.3 Å². The van der Waals surface area contributed by atoms with E-state index in [0.717, 1.165) is 12.1 Å². The van der Waals surface area contributed by atoms with Gasteiger partial charge in [-0.2, -0.15) is 5.10 Å². The van der Waals surface area contributed by atoms with Crippen LogP contribution < -0.4 is 0 Å². The number of carbonyl (C=O) groups is 1. The fraction of sp³-hybridized carbons (Fsp3) is 0.167. The normalized spacial score (nSPS) is 10.7. The van der Waals surface area contributed by atoms with Crippen molar-refractivity contribution in [3.05, 3.63) is 40.0 Å². The SMILES string of the molecule is O=C(O)CCc1[nH]nc(-c2ccc(F)cc2F)c1Br. The zero-order chi connectivity index (χ0) is 14.0. The van der Waals surface area contributed by atoms with Crippen LogP contribution in [0.2, 0.25) is 0 Å². The molecule has 0 saturated carbocycles. The number of hydrogen-bond acceptors (Lipinski definition) is 2. The number of aromatic nitrogens is 2. The molecule has 2 N–H and O–H groups in total. The molecule has 0 bridgehead atoms. The van der Waals surface area contributed by atoms with Crippen molar-refractivity contribution < 1.29 is 18.7 Å². The summed E-state index contributed by atoms with van der Waals surface area (Å²) in [5.41, 5.74) is 0.991. The van der Waals surface area contributed by atoms with Gasteiger partial charge in [0.2, 0.25) is 0 Å². The van der Waals surface area contributed by atoms with E-state index in [1.165, 1.54) is 6.07 Å². The molecule has 0 aliphatic rings. The maximum Gasteiger partial charge on any atom is 0.303 e. The summed E-state index contributed by atoms with van der Waals surface area (Å²) in [7, 11) is 0. The van der Waals surface area contributed by atoms with E-state index < -0.39 is 17.6 Å². The summed E-state index contributed by atoms with van der Waals surface area (Å²) >= 11 is 3.24. The minimum Gasteiger partial charge on any atom is -0.481 e. The van der Waals surface area contributed by atoms with Gasteiger partial charge in [0.15, 0.2) is 0 Å². The number of aromatic amines is 1. The first-order chi connectivity index (χ1) is 8.99. The Bertz CT molecular complexity index is 628. The molecular weight excluding hydrogens is 322 g/mol. The third-order valence-corrected chi connectivity index (χ3v) is 3.40. The fourth-order valence-electron chi connectivity index (χ4n) is 1.62. The second kappa shape index (κ2) is 5.48. The second-order valence-corrected chi connectivity index (χ2v) is 4.68. The Morgan fingerprint density at radius 1 is 1.42 bits per heavy atom. The molecule has 0 atom stereocenters. The predicted octanol–water partition coefficient (Wildman–Crippen LogP) is 3.13. The predicted molar refractivity (Wildman–Crippen MR) is 67.6 cm³/mol. The molecule has 0 aliphatic carbocycles. The average Bonchev–Trinajstić information content (AvgIpc) is 2.68. The van der Waals surface area contributed by atoms with Crippen LogP contribution in [0.1, 0.15) is 12.1 Å². The molecule has 1 heterocycles. The minimum atomic E-state index is -0.934. The van der Waals surface area contributed by atoms with Gasteiger partial charge in [0.05, 0.1) is 16.6 Å². The number of aliphatic carboxylic acids is 1. The van der Waals surface area contributed by atoms with E-state index in [9.17, 15) is 13.6 Å². The highest BCUT2D eigenvalue weighted by atomic mass is 79.9. The molecule has 2 aromatic rings. The van der Waals surface area contributed by atoms with Crippen LogP contribution in [0.15, 0.2) is 22.7 Å². The number of halogens is 3. The van der Waals surface area contributed by atoms with Gasteiger partial charge in [-0.05, 0) is 28.1 Å². The first-order valence-corrected chi connectivity index (χ1v) is 6.18. The standard InChI is InChI=1S/C12H9BrF2N2O2/c13-11-9(3-4-10(18)19)16-17-12(11)7-2-1-6(14)5-8(7)15/h1-2,5H,3-4H2,(H,16,17)(H,18,19). The van der Waals surface area contributed by atoms with Crippen molar-refractivity contribution in [3.63, 3.8) is 0 Å². The summed E-state index contributed by atoms with van der Waals surface area (Å²) < 4.78 is 26.9. The highest BCUT2D eigenvalue weighted by Gasteiger charge is 2.16. The van der Waals surface area contributed by atoms with Crippen molar-refractivity contribution in [2.24, 2.45) is 0 Å². The van der Waals surface area contributed by atoms with Gasteiger partial charge in [-0.1, -0.05) is 0 Å². The van der Waals surface area contributed by atoms with Crippen molar-refractivity contribution in [2.75, 3.05) is 0 Å². The summed E-state index contributed by atoms with van der Waals surface area (Å²) in [5.74, 6) is -2.33. The molecule has 1 aromatic carbocycles. The number of carboxylic acid groups (broad SMARTS) is 1. The third kappa shape index (κ3) is 2.98. The van der Waals surface area contributed by atoms with Gasteiger partial charge in [0, 0.05) is 18.1 Å². The number of rotatable bonds is 4.